The van der Waals surface area contributed by atoms with E-state index in [9.17, 15) is 13.2 Å². The first kappa shape index (κ1) is 18.1. The van der Waals surface area contributed by atoms with Gasteiger partial charge in [0.15, 0.2) is 5.82 Å². The summed E-state index contributed by atoms with van der Waals surface area (Å²) in [5, 5.41) is 0.948. The molecule has 0 saturated carbocycles. The van der Waals surface area contributed by atoms with Crippen molar-refractivity contribution < 1.29 is 13.2 Å². The van der Waals surface area contributed by atoms with Crippen LogP contribution in [0.25, 0.3) is 22.4 Å². The molecule has 0 atom stereocenters. The van der Waals surface area contributed by atoms with Crippen LogP contribution >= 0.6 is 0 Å². The Morgan fingerprint density at radius 3 is 2.36 bits per heavy atom. The van der Waals surface area contributed by atoms with Crippen molar-refractivity contribution in [3.8, 4) is 11.5 Å². The summed E-state index contributed by atoms with van der Waals surface area (Å²) >= 11 is 0. The lowest BCUT2D eigenvalue weighted by molar-refractivity contribution is -0.137. The number of pyridine rings is 1. The lowest BCUT2D eigenvalue weighted by Gasteiger charge is -2.10. The first-order valence-electron chi connectivity index (χ1n) is 8.75. The van der Waals surface area contributed by atoms with E-state index in [4.69, 9.17) is 0 Å². The molecule has 0 bridgehead atoms. The van der Waals surface area contributed by atoms with Crippen molar-refractivity contribution in [1.29, 1.82) is 0 Å². The van der Waals surface area contributed by atoms with E-state index in [0.717, 1.165) is 39.9 Å². The Kier molecular flexibility index (Phi) is 4.55. The van der Waals surface area contributed by atoms with E-state index >= 15 is 0 Å². The van der Waals surface area contributed by atoms with Crippen LogP contribution in [0, 0.1) is 6.92 Å². The van der Waals surface area contributed by atoms with Crippen molar-refractivity contribution in [2.75, 3.05) is 0 Å². The highest BCUT2D eigenvalue weighted by Crippen LogP contribution is 2.29. The molecule has 0 aliphatic carbocycles. The summed E-state index contributed by atoms with van der Waals surface area (Å²) in [5.41, 5.74) is 3.33. The highest BCUT2D eigenvalue weighted by Gasteiger charge is 2.29. The van der Waals surface area contributed by atoms with Crippen molar-refractivity contribution >= 4 is 10.9 Å². The Hall–Kier alpha value is -3.28. The fourth-order valence-electron chi connectivity index (χ4n) is 2.97. The maximum Gasteiger partial charge on any atom is 0.416 e. The van der Waals surface area contributed by atoms with E-state index in [1.807, 2.05) is 43.3 Å². The number of aryl methyl sites for hydroxylation is 1. The molecular weight excluding hydrogens is 363 g/mol. The normalized spacial score (nSPS) is 11.7. The summed E-state index contributed by atoms with van der Waals surface area (Å²) < 4.78 is 38.2. The molecule has 0 fully saturated rings. The minimum atomic E-state index is -4.33. The summed E-state index contributed by atoms with van der Waals surface area (Å²) in [4.78, 5) is 13.6. The summed E-state index contributed by atoms with van der Waals surface area (Å²) in [7, 11) is 0. The molecule has 0 unspecified atom stereocenters. The summed E-state index contributed by atoms with van der Waals surface area (Å²) in [6.07, 6.45) is -2.14. The Morgan fingerprint density at radius 1 is 0.857 bits per heavy atom. The van der Waals surface area contributed by atoms with E-state index in [0.29, 0.717) is 17.9 Å². The minimum absolute atomic E-state index is 0.436. The monoisotopic (exact) mass is 379 g/mol. The SMILES string of the molecule is Cc1ccc(-c2ncc3ccccc3n2)nc1Cc1ccc(C(F)(F)F)cc1. The van der Waals surface area contributed by atoms with Gasteiger partial charge in [-0.2, -0.15) is 13.2 Å². The average molecular weight is 379 g/mol. The van der Waals surface area contributed by atoms with Crippen LogP contribution in [0.3, 0.4) is 0 Å². The number of rotatable bonds is 3. The van der Waals surface area contributed by atoms with Gasteiger partial charge < -0.3 is 0 Å². The predicted octanol–water partition coefficient (Wildman–Crippen LogP) is 5.61. The number of para-hydroxylation sites is 1. The van der Waals surface area contributed by atoms with Crippen LogP contribution in [-0.4, -0.2) is 15.0 Å². The second-order valence-electron chi connectivity index (χ2n) is 6.58. The summed E-state index contributed by atoms with van der Waals surface area (Å²) in [6.45, 7) is 1.93. The molecule has 0 N–H and O–H groups in total. The molecule has 4 rings (SSSR count). The molecule has 0 amide bonds. The van der Waals surface area contributed by atoms with Crippen molar-refractivity contribution in [3.63, 3.8) is 0 Å². The Bertz CT molecular complexity index is 1140. The third kappa shape index (κ3) is 3.71. The molecule has 3 nitrogen and oxygen atoms in total. The van der Waals surface area contributed by atoms with E-state index in [1.54, 1.807) is 6.20 Å². The second kappa shape index (κ2) is 7.03. The van der Waals surface area contributed by atoms with E-state index in [-0.39, 0.29) is 0 Å². The minimum Gasteiger partial charge on any atom is -0.249 e. The number of hydrogen-bond donors (Lipinski definition) is 0. The maximum atomic E-state index is 12.7. The van der Waals surface area contributed by atoms with E-state index in [1.165, 1.54) is 12.1 Å². The van der Waals surface area contributed by atoms with Gasteiger partial charge in [-0.3, -0.25) is 0 Å². The lowest BCUT2D eigenvalue weighted by Crippen LogP contribution is -2.05. The summed E-state index contributed by atoms with van der Waals surface area (Å²) in [5.74, 6) is 0.521. The van der Waals surface area contributed by atoms with Gasteiger partial charge in [0.2, 0.25) is 0 Å². The second-order valence-corrected chi connectivity index (χ2v) is 6.58. The van der Waals surface area contributed by atoms with E-state index in [2.05, 4.69) is 15.0 Å². The molecule has 0 radical (unpaired) electrons. The third-order valence-electron chi connectivity index (χ3n) is 4.57. The molecule has 6 heteroatoms. The molecule has 2 heterocycles. The number of fused-ring (bicyclic) bond motifs is 1. The van der Waals surface area contributed by atoms with Gasteiger partial charge >= 0.3 is 6.18 Å². The van der Waals surface area contributed by atoms with Gasteiger partial charge in [-0.05, 0) is 42.3 Å². The van der Waals surface area contributed by atoms with Crippen molar-refractivity contribution in [3.05, 3.63) is 89.2 Å². The zero-order valence-electron chi connectivity index (χ0n) is 15.0. The third-order valence-corrected chi connectivity index (χ3v) is 4.57. The number of benzene rings is 2. The number of alkyl halides is 3. The molecular formula is C22H16F3N3. The largest absolute Gasteiger partial charge is 0.416 e. The first-order valence-corrected chi connectivity index (χ1v) is 8.75. The van der Waals surface area contributed by atoms with Crippen LogP contribution in [0.4, 0.5) is 13.2 Å². The Morgan fingerprint density at radius 2 is 1.61 bits per heavy atom. The van der Waals surface area contributed by atoms with Crippen LogP contribution in [0.15, 0.2) is 66.9 Å². The van der Waals surface area contributed by atoms with Gasteiger partial charge in [0, 0.05) is 23.7 Å². The van der Waals surface area contributed by atoms with Crippen LogP contribution in [0.5, 0.6) is 0 Å². The highest BCUT2D eigenvalue weighted by atomic mass is 19.4. The Labute approximate surface area is 159 Å². The Balaban J connectivity index is 1.65. The standard InChI is InChI=1S/C22H16F3N3/c1-14-6-11-19(21-26-13-16-4-2-3-5-18(16)28-21)27-20(14)12-15-7-9-17(10-8-15)22(23,24)25/h2-11,13H,12H2,1H3. The van der Waals surface area contributed by atoms with Crippen molar-refractivity contribution in [2.45, 2.75) is 19.5 Å². The van der Waals surface area contributed by atoms with Gasteiger partial charge in [0.05, 0.1) is 11.1 Å². The smallest absolute Gasteiger partial charge is 0.249 e. The first-order chi connectivity index (χ1) is 13.4. The number of halogens is 3. The van der Waals surface area contributed by atoms with Gasteiger partial charge in [0.1, 0.15) is 5.69 Å². The predicted molar refractivity (Wildman–Crippen MR) is 102 cm³/mol. The maximum absolute atomic E-state index is 12.7. The summed E-state index contributed by atoms with van der Waals surface area (Å²) in [6, 6.07) is 16.7. The number of nitrogens with zero attached hydrogens (tertiary/aromatic N) is 3. The molecule has 28 heavy (non-hydrogen) atoms. The topological polar surface area (TPSA) is 38.7 Å². The van der Waals surface area contributed by atoms with Gasteiger partial charge in [-0.25, -0.2) is 15.0 Å². The molecule has 0 spiro atoms. The quantitative estimate of drug-likeness (QED) is 0.464. The molecule has 0 aliphatic heterocycles. The molecule has 2 aromatic carbocycles. The van der Waals surface area contributed by atoms with Crippen molar-refractivity contribution in [2.24, 2.45) is 0 Å². The van der Waals surface area contributed by atoms with Crippen LogP contribution in [-0.2, 0) is 12.6 Å². The molecule has 140 valence electrons. The molecule has 0 aliphatic rings. The van der Waals surface area contributed by atoms with Crippen LogP contribution in [0.2, 0.25) is 0 Å². The number of aromatic nitrogens is 3. The van der Waals surface area contributed by atoms with Gasteiger partial charge in [-0.1, -0.05) is 36.4 Å². The van der Waals surface area contributed by atoms with E-state index < -0.39 is 11.7 Å². The van der Waals surface area contributed by atoms with Gasteiger partial charge in [0.25, 0.3) is 0 Å². The highest BCUT2D eigenvalue weighted by molar-refractivity contribution is 5.79. The van der Waals surface area contributed by atoms with Crippen LogP contribution in [0.1, 0.15) is 22.4 Å². The molecule has 0 saturated heterocycles. The zero-order valence-corrected chi connectivity index (χ0v) is 15.0. The molecule has 2 aromatic heterocycles. The molecule has 4 aromatic rings. The fraction of sp³-hybridized carbons (Fsp3) is 0.136. The number of hydrogen-bond acceptors (Lipinski definition) is 3. The lowest BCUT2D eigenvalue weighted by atomic mass is 10.0. The van der Waals surface area contributed by atoms with Crippen molar-refractivity contribution in [1.82, 2.24) is 15.0 Å². The van der Waals surface area contributed by atoms with Gasteiger partial charge in [-0.15, -0.1) is 0 Å². The van der Waals surface area contributed by atoms with Crippen LogP contribution < -0.4 is 0 Å². The fourth-order valence-corrected chi connectivity index (χ4v) is 2.97. The zero-order chi connectivity index (χ0) is 19.7. The average Bonchev–Trinajstić information content (AvgIpc) is 2.69.